The number of amides is 1. The minimum Gasteiger partial charge on any atom is -0.304 e. The molecule has 1 unspecified atom stereocenters. The number of hydrogen-bond acceptors (Lipinski definition) is 4. The number of benzene rings is 1. The highest BCUT2D eigenvalue weighted by atomic mass is 35.5. The van der Waals surface area contributed by atoms with Crippen molar-refractivity contribution in [3.8, 4) is 0 Å². The van der Waals surface area contributed by atoms with E-state index < -0.39 is 5.38 Å². The lowest BCUT2D eigenvalue weighted by molar-refractivity contribution is -0.118. The number of carbonyl (C=O) groups excluding carboxylic acids is 1. The molecule has 0 aliphatic heterocycles. The quantitative estimate of drug-likeness (QED) is 0.719. The van der Waals surface area contributed by atoms with Crippen molar-refractivity contribution in [1.29, 1.82) is 0 Å². The fourth-order valence-electron chi connectivity index (χ4n) is 2.19. The lowest BCUT2D eigenvalue weighted by Gasteiger charge is -2.25. The Kier molecular flexibility index (Phi) is 6.13. The highest BCUT2D eigenvalue weighted by Gasteiger charge is 2.25. The van der Waals surface area contributed by atoms with Gasteiger partial charge in [-0.1, -0.05) is 50.3 Å². The Morgan fingerprint density at radius 1 is 1.30 bits per heavy atom. The zero-order valence-electron chi connectivity index (χ0n) is 13.9. The van der Waals surface area contributed by atoms with Crippen LogP contribution in [0.15, 0.2) is 24.3 Å². The van der Waals surface area contributed by atoms with Gasteiger partial charge in [-0.2, -0.15) is 0 Å². The minimum absolute atomic E-state index is 0.0928. The Morgan fingerprint density at radius 2 is 2.00 bits per heavy atom. The summed E-state index contributed by atoms with van der Waals surface area (Å²) in [6.45, 7) is 8.47. The van der Waals surface area contributed by atoms with Gasteiger partial charge in [-0.15, -0.1) is 21.8 Å². The fourth-order valence-corrected chi connectivity index (χ4v) is 3.14. The van der Waals surface area contributed by atoms with Gasteiger partial charge in [0.1, 0.15) is 15.4 Å². The average molecular weight is 352 g/mol. The van der Waals surface area contributed by atoms with Crippen LogP contribution in [0.2, 0.25) is 0 Å². The molecule has 0 bridgehead atoms. The lowest BCUT2D eigenvalue weighted by Crippen LogP contribution is -2.36. The third-order valence-electron chi connectivity index (χ3n) is 3.57. The maximum atomic E-state index is 12.7. The third-order valence-corrected chi connectivity index (χ3v) is 5.27. The number of para-hydroxylation sites is 1. The first kappa shape index (κ1) is 17.9. The number of halogens is 1. The number of aryl methyl sites for hydroxylation is 1. The van der Waals surface area contributed by atoms with Crippen LogP contribution in [0.5, 0.6) is 0 Å². The van der Waals surface area contributed by atoms with E-state index in [0.29, 0.717) is 18.9 Å². The second-order valence-electron chi connectivity index (χ2n) is 5.78. The number of aromatic nitrogens is 2. The first-order valence-electron chi connectivity index (χ1n) is 7.77. The van der Waals surface area contributed by atoms with Crippen LogP contribution in [0.1, 0.15) is 48.7 Å². The van der Waals surface area contributed by atoms with E-state index in [1.807, 2.05) is 38.1 Å². The topological polar surface area (TPSA) is 46.1 Å². The molecule has 6 heteroatoms. The molecule has 0 aliphatic carbocycles. The van der Waals surface area contributed by atoms with E-state index in [2.05, 4.69) is 24.0 Å². The van der Waals surface area contributed by atoms with E-state index in [0.717, 1.165) is 21.3 Å². The molecule has 23 heavy (non-hydrogen) atoms. The number of rotatable bonds is 6. The minimum atomic E-state index is -0.535. The van der Waals surface area contributed by atoms with Crippen LogP contribution in [0, 0.1) is 6.92 Å². The van der Waals surface area contributed by atoms with E-state index in [1.165, 1.54) is 0 Å². The maximum absolute atomic E-state index is 12.7. The molecule has 0 fully saturated rings. The number of hydrogen-bond donors (Lipinski definition) is 0. The van der Waals surface area contributed by atoms with Gasteiger partial charge in [0.05, 0.1) is 6.54 Å². The normalized spacial score (nSPS) is 12.4. The molecule has 1 atom stereocenters. The summed E-state index contributed by atoms with van der Waals surface area (Å²) in [4.78, 5) is 14.4. The molecular weight excluding hydrogens is 330 g/mol. The standard InChI is InChI=1S/C17H22ClN3OS/c1-5-13(18)17(22)21(14-9-7-6-8-12(14)4)10-15-19-20-16(23-15)11(2)3/h6-9,11,13H,5,10H2,1-4H3. The molecule has 1 heterocycles. The largest absolute Gasteiger partial charge is 0.304 e. The number of carbonyl (C=O) groups is 1. The Bertz CT molecular complexity index is 671. The molecule has 4 nitrogen and oxygen atoms in total. The average Bonchev–Trinajstić information content (AvgIpc) is 3.01. The predicted molar refractivity (Wildman–Crippen MR) is 96.3 cm³/mol. The first-order valence-corrected chi connectivity index (χ1v) is 9.02. The summed E-state index contributed by atoms with van der Waals surface area (Å²) in [6, 6.07) is 7.82. The SMILES string of the molecule is CCC(Cl)C(=O)N(Cc1nnc(C(C)C)s1)c1ccccc1C. The molecular formula is C17H22ClN3OS. The smallest absolute Gasteiger partial charge is 0.245 e. The van der Waals surface area contributed by atoms with E-state index in [9.17, 15) is 4.79 Å². The summed E-state index contributed by atoms with van der Waals surface area (Å²) in [6.07, 6.45) is 0.593. The lowest BCUT2D eigenvalue weighted by atomic mass is 10.1. The van der Waals surface area contributed by atoms with Crippen molar-refractivity contribution in [3.63, 3.8) is 0 Å². The Labute approximate surface area is 146 Å². The van der Waals surface area contributed by atoms with Crippen molar-refractivity contribution in [3.05, 3.63) is 39.8 Å². The van der Waals surface area contributed by atoms with E-state index in [1.54, 1.807) is 16.2 Å². The molecule has 0 spiro atoms. The Hall–Kier alpha value is -1.46. The predicted octanol–water partition coefficient (Wildman–Crippen LogP) is 4.52. The van der Waals surface area contributed by atoms with Crippen molar-refractivity contribution < 1.29 is 4.79 Å². The van der Waals surface area contributed by atoms with Crippen molar-refractivity contribution >= 4 is 34.5 Å². The van der Waals surface area contributed by atoms with Gasteiger partial charge in [-0.25, -0.2) is 0 Å². The van der Waals surface area contributed by atoms with Crippen LogP contribution in [0.25, 0.3) is 0 Å². The van der Waals surface area contributed by atoms with E-state index in [-0.39, 0.29) is 5.91 Å². The van der Waals surface area contributed by atoms with Gasteiger partial charge in [0.25, 0.3) is 0 Å². The van der Waals surface area contributed by atoms with Gasteiger partial charge in [0.15, 0.2) is 0 Å². The van der Waals surface area contributed by atoms with Crippen molar-refractivity contribution in [2.24, 2.45) is 0 Å². The summed E-state index contributed by atoms with van der Waals surface area (Å²) in [7, 11) is 0. The molecule has 0 aliphatic rings. The second-order valence-corrected chi connectivity index (χ2v) is 7.40. The monoisotopic (exact) mass is 351 g/mol. The molecule has 0 N–H and O–H groups in total. The zero-order chi connectivity index (χ0) is 17.0. The van der Waals surface area contributed by atoms with Crippen LogP contribution >= 0.6 is 22.9 Å². The van der Waals surface area contributed by atoms with Crippen molar-refractivity contribution in [2.45, 2.75) is 52.0 Å². The molecule has 2 rings (SSSR count). The second kappa shape index (κ2) is 7.88. The van der Waals surface area contributed by atoms with Crippen molar-refractivity contribution in [2.75, 3.05) is 4.90 Å². The highest BCUT2D eigenvalue weighted by Crippen LogP contribution is 2.26. The Balaban J connectivity index is 2.33. The molecule has 0 radical (unpaired) electrons. The van der Waals surface area contributed by atoms with Gasteiger partial charge in [-0.05, 0) is 25.0 Å². The molecule has 0 saturated carbocycles. The van der Waals surface area contributed by atoms with Gasteiger partial charge in [0.2, 0.25) is 5.91 Å². The molecule has 1 aromatic heterocycles. The van der Waals surface area contributed by atoms with Crippen LogP contribution in [0.3, 0.4) is 0 Å². The number of alkyl halides is 1. The third kappa shape index (κ3) is 4.30. The molecule has 2 aromatic rings. The van der Waals surface area contributed by atoms with Gasteiger partial charge >= 0.3 is 0 Å². The van der Waals surface area contributed by atoms with Gasteiger partial charge < -0.3 is 4.90 Å². The number of nitrogens with zero attached hydrogens (tertiary/aromatic N) is 3. The maximum Gasteiger partial charge on any atom is 0.245 e. The molecule has 1 aromatic carbocycles. The number of anilines is 1. The van der Waals surface area contributed by atoms with Gasteiger partial charge in [0, 0.05) is 11.6 Å². The molecule has 124 valence electrons. The van der Waals surface area contributed by atoms with E-state index in [4.69, 9.17) is 11.6 Å². The van der Waals surface area contributed by atoms with Crippen LogP contribution in [0.4, 0.5) is 5.69 Å². The molecule has 0 saturated heterocycles. The Morgan fingerprint density at radius 3 is 2.57 bits per heavy atom. The zero-order valence-corrected chi connectivity index (χ0v) is 15.5. The summed E-state index contributed by atoms with van der Waals surface area (Å²) >= 11 is 7.76. The van der Waals surface area contributed by atoms with Crippen LogP contribution in [-0.2, 0) is 11.3 Å². The summed E-state index contributed by atoms with van der Waals surface area (Å²) in [5, 5.41) is 9.71. The van der Waals surface area contributed by atoms with Crippen LogP contribution in [-0.4, -0.2) is 21.5 Å². The van der Waals surface area contributed by atoms with Gasteiger partial charge in [-0.3, -0.25) is 4.79 Å². The van der Waals surface area contributed by atoms with Crippen molar-refractivity contribution in [1.82, 2.24) is 10.2 Å². The highest BCUT2D eigenvalue weighted by molar-refractivity contribution is 7.11. The first-order chi connectivity index (χ1) is 10.9. The summed E-state index contributed by atoms with van der Waals surface area (Å²) < 4.78 is 0. The van der Waals surface area contributed by atoms with Crippen LogP contribution < -0.4 is 4.90 Å². The van der Waals surface area contributed by atoms with E-state index >= 15 is 0 Å². The molecule has 1 amide bonds. The fraction of sp³-hybridized carbons (Fsp3) is 0.471. The summed E-state index contributed by atoms with van der Waals surface area (Å²) in [5.41, 5.74) is 1.91. The summed E-state index contributed by atoms with van der Waals surface area (Å²) in [5.74, 6) is 0.241.